The Morgan fingerprint density at radius 2 is 1.62 bits per heavy atom. The van der Waals surface area contributed by atoms with E-state index in [1.807, 2.05) is 54.6 Å². The Labute approximate surface area is 124 Å². The van der Waals surface area contributed by atoms with Gasteiger partial charge in [0.1, 0.15) is 0 Å². The van der Waals surface area contributed by atoms with E-state index in [9.17, 15) is 9.90 Å². The van der Waals surface area contributed by atoms with Crippen molar-refractivity contribution >= 4 is 5.91 Å². The van der Waals surface area contributed by atoms with Crippen molar-refractivity contribution in [1.29, 1.82) is 0 Å². The third-order valence-corrected chi connectivity index (χ3v) is 4.05. The molecule has 3 rings (SSSR count). The van der Waals surface area contributed by atoms with Crippen LogP contribution in [0.3, 0.4) is 0 Å². The van der Waals surface area contributed by atoms with E-state index >= 15 is 0 Å². The van der Waals surface area contributed by atoms with Crippen molar-refractivity contribution in [3.63, 3.8) is 0 Å². The number of nitrogens with one attached hydrogen (secondary N) is 1. The third kappa shape index (κ3) is 3.14. The molecule has 3 heteroatoms. The normalized spacial score (nSPS) is 21.2. The van der Waals surface area contributed by atoms with E-state index in [-0.39, 0.29) is 11.9 Å². The van der Waals surface area contributed by atoms with Gasteiger partial charge in [-0.3, -0.25) is 4.79 Å². The Kier molecular flexibility index (Phi) is 4.02. The predicted molar refractivity (Wildman–Crippen MR) is 83.0 cm³/mol. The fourth-order valence-corrected chi connectivity index (χ4v) is 2.81. The second-order valence-corrected chi connectivity index (χ2v) is 5.52. The fraction of sp³-hybridized carbons (Fsp3) is 0.278. The van der Waals surface area contributed by atoms with Gasteiger partial charge in [0, 0.05) is 5.56 Å². The number of hydrogen-bond acceptors (Lipinski definition) is 2. The number of rotatable bonds is 3. The fourth-order valence-electron chi connectivity index (χ4n) is 2.81. The first kappa shape index (κ1) is 13.8. The number of benzene rings is 2. The average molecular weight is 281 g/mol. The van der Waals surface area contributed by atoms with E-state index in [1.165, 1.54) is 0 Å². The maximum absolute atomic E-state index is 12.2. The number of carbonyl (C=O) groups is 1. The number of hydrogen-bond donors (Lipinski definition) is 2. The molecule has 3 nitrogen and oxygen atoms in total. The molecule has 1 aliphatic rings. The highest BCUT2D eigenvalue weighted by Gasteiger charge is 2.26. The quantitative estimate of drug-likeness (QED) is 0.908. The van der Waals surface area contributed by atoms with Crippen molar-refractivity contribution in [2.45, 2.75) is 31.4 Å². The third-order valence-electron chi connectivity index (χ3n) is 4.05. The largest absolute Gasteiger partial charge is 0.391 e. The molecule has 1 aliphatic carbocycles. The molecule has 0 heterocycles. The van der Waals surface area contributed by atoms with Crippen LogP contribution in [0.1, 0.15) is 29.6 Å². The minimum atomic E-state index is -0.405. The molecule has 0 spiro atoms. The molecule has 2 aromatic rings. The van der Waals surface area contributed by atoms with Crippen LogP contribution < -0.4 is 5.32 Å². The van der Waals surface area contributed by atoms with Gasteiger partial charge in [-0.25, -0.2) is 0 Å². The standard InChI is InChI=1S/C18H19NO2/c20-17-8-4-7-16(17)19-18(21)15-11-9-14(10-12-15)13-5-2-1-3-6-13/h1-3,5-6,9-12,16-17,20H,4,7-8H2,(H,19,21). The lowest BCUT2D eigenvalue weighted by Crippen LogP contribution is -2.39. The molecule has 1 saturated carbocycles. The summed E-state index contributed by atoms with van der Waals surface area (Å²) in [4.78, 5) is 12.2. The summed E-state index contributed by atoms with van der Waals surface area (Å²) in [6.45, 7) is 0. The lowest BCUT2D eigenvalue weighted by atomic mass is 10.0. The summed E-state index contributed by atoms with van der Waals surface area (Å²) in [5.41, 5.74) is 2.86. The van der Waals surface area contributed by atoms with Crippen molar-refractivity contribution in [3.05, 3.63) is 60.2 Å². The van der Waals surface area contributed by atoms with Crippen LogP contribution in [-0.2, 0) is 0 Å². The number of carbonyl (C=O) groups excluding carboxylic acids is 1. The predicted octanol–water partition coefficient (Wildman–Crippen LogP) is 3.00. The van der Waals surface area contributed by atoms with Crippen molar-refractivity contribution in [1.82, 2.24) is 5.32 Å². The van der Waals surface area contributed by atoms with E-state index in [2.05, 4.69) is 5.32 Å². The van der Waals surface area contributed by atoms with Crippen LogP contribution in [0.5, 0.6) is 0 Å². The van der Waals surface area contributed by atoms with Crippen molar-refractivity contribution in [2.75, 3.05) is 0 Å². The molecule has 0 aliphatic heterocycles. The lowest BCUT2D eigenvalue weighted by molar-refractivity contribution is 0.0873. The summed E-state index contributed by atoms with van der Waals surface area (Å²) in [5, 5.41) is 12.7. The molecule has 2 aromatic carbocycles. The molecule has 0 aromatic heterocycles. The van der Waals surface area contributed by atoms with Crippen molar-refractivity contribution in [2.24, 2.45) is 0 Å². The lowest BCUT2D eigenvalue weighted by Gasteiger charge is -2.16. The number of aliphatic hydroxyl groups is 1. The van der Waals surface area contributed by atoms with Crippen molar-refractivity contribution < 1.29 is 9.90 Å². The van der Waals surface area contributed by atoms with Gasteiger partial charge in [-0.1, -0.05) is 42.5 Å². The minimum Gasteiger partial charge on any atom is -0.391 e. The number of amides is 1. The van der Waals surface area contributed by atoms with Crippen LogP contribution in [0.15, 0.2) is 54.6 Å². The Bertz CT molecular complexity index is 607. The molecule has 2 N–H and O–H groups in total. The first-order valence-corrected chi connectivity index (χ1v) is 7.38. The van der Waals surface area contributed by atoms with Crippen LogP contribution >= 0.6 is 0 Å². The van der Waals surface area contributed by atoms with Crippen LogP contribution in [-0.4, -0.2) is 23.2 Å². The average Bonchev–Trinajstić information content (AvgIpc) is 2.93. The SMILES string of the molecule is O=C(NC1CCCC1O)c1ccc(-c2ccccc2)cc1. The van der Waals surface area contributed by atoms with E-state index in [0.29, 0.717) is 5.56 Å². The maximum Gasteiger partial charge on any atom is 0.251 e. The Hall–Kier alpha value is -2.13. The molecular formula is C18H19NO2. The monoisotopic (exact) mass is 281 g/mol. The van der Waals surface area contributed by atoms with Gasteiger partial charge in [-0.2, -0.15) is 0 Å². The molecule has 2 unspecified atom stereocenters. The van der Waals surface area contributed by atoms with Gasteiger partial charge in [-0.05, 0) is 42.5 Å². The summed E-state index contributed by atoms with van der Waals surface area (Å²) >= 11 is 0. The first-order valence-electron chi connectivity index (χ1n) is 7.38. The highest BCUT2D eigenvalue weighted by molar-refractivity contribution is 5.94. The van der Waals surface area contributed by atoms with E-state index in [4.69, 9.17) is 0 Å². The van der Waals surface area contributed by atoms with Gasteiger partial charge in [0.05, 0.1) is 12.1 Å². The summed E-state index contributed by atoms with van der Waals surface area (Å²) in [7, 11) is 0. The highest BCUT2D eigenvalue weighted by Crippen LogP contribution is 2.21. The van der Waals surface area contributed by atoms with Gasteiger partial charge in [0.25, 0.3) is 5.91 Å². The van der Waals surface area contributed by atoms with Gasteiger partial charge < -0.3 is 10.4 Å². The van der Waals surface area contributed by atoms with Gasteiger partial charge in [0.2, 0.25) is 0 Å². The molecule has 1 fully saturated rings. The second kappa shape index (κ2) is 6.10. The molecule has 21 heavy (non-hydrogen) atoms. The highest BCUT2D eigenvalue weighted by atomic mass is 16.3. The molecule has 2 atom stereocenters. The number of aliphatic hydroxyl groups excluding tert-OH is 1. The summed E-state index contributed by atoms with van der Waals surface area (Å²) in [5.74, 6) is -0.111. The zero-order chi connectivity index (χ0) is 14.7. The molecule has 0 bridgehead atoms. The zero-order valence-electron chi connectivity index (χ0n) is 11.8. The molecule has 0 saturated heterocycles. The van der Waals surface area contributed by atoms with E-state index in [1.54, 1.807) is 0 Å². The molecular weight excluding hydrogens is 262 g/mol. The Balaban J connectivity index is 1.70. The smallest absolute Gasteiger partial charge is 0.251 e. The van der Waals surface area contributed by atoms with Gasteiger partial charge >= 0.3 is 0 Å². The van der Waals surface area contributed by atoms with Gasteiger partial charge in [-0.15, -0.1) is 0 Å². The van der Waals surface area contributed by atoms with Crippen LogP contribution in [0.2, 0.25) is 0 Å². The van der Waals surface area contributed by atoms with Crippen molar-refractivity contribution in [3.8, 4) is 11.1 Å². The van der Waals surface area contributed by atoms with Gasteiger partial charge in [0.15, 0.2) is 0 Å². The molecule has 108 valence electrons. The minimum absolute atomic E-state index is 0.105. The summed E-state index contributed by atoms with van der Waals surface area (Å²) in [6, 6.07) is 17.5. The van der Waals surface area contributed by atoms with Crippen LogP contribution in [0.4, 0.5) is 0 Å². The zero-order valence-corrected chi connectivity index (χ0v) is 11.8. The Morgan fingerprint density at radius 1 is 0.952 bits per heavy atom. The van der Waals surface area contributed by atoms with Crippen LogP contribution in [0.25, 0.3) is 11.1 Å². The van der Waals surface area contributed by atoms with E-state index < -0.39 is 6.10 Å². The maximum atomic E-state index is 12.2. The first-order chi connectivity index (χ1) is 10.2. The Morgan fingerprint density at radius 3 is 2.24 bits per heavy atom. The van der Waals surface area contributed by atoms with Crippen LogP contribution in [0, 0.1) is 0 Å². The topological polar surface area (TPSA) is 49.3 Å². The summed E-state index contributed by atoms with van der Waals surface area (Å²) < 4.78 is 0. The molecule has 1 amide bonds. The van der Waals surface area contributed by atoms with E-state index in [0.717, 1.165) is 30.4 Å². The summed E-state index contributed by atoms with van der Waals surface area (Å²) in [6.07, 6.45) is 2.20. The second-order valence-electron chi connectivity index (χ2n) is 5.52. The molecule has 0 radical (unpaired) electrons.